The first-order valence-electron chi connectivity index (χ1n) is 8.94. The topological polar surface area (TPSA) is 83.6 Å². The van der Waals surface area contributed by atoms with Gasteiger partial charge in [-0.2, -0.15) is 0 Å². The first-order chi connectivity index (χ1) is 12.6. The molecule has 136 valence electrons. The number of nitrogens with two attached hydrogens (primary N) is 1. The highest BCUT2D eigenvalue weighted by Crippen LogP contribution is 2.32. The van der Waals surface area contributed by atoms with Gasteiger partial charge in [-0.05, 0) is 30.4 Å². The van der Waals surface area contributed by atoms with Crippen molar-refractivity contribution < 1.29 is 14.7 Å². The van der Waals surface area contributed by atoms with Crippen LogP contribution >= 0.6 is 0 Å². The highest BCUT2D eigenvalue weighted by atomic mass is 16.4. The van der Waals surface area contributed by atoms with E-state index in [1.165, 1.54) is 4.90 Å². The summed E-state index contributed by atoms with van der Waals surface area (Å²) in [5.74, 6) is -1.21. The number of carboxylic acid groups (broad SMARTS) is 1. The Kier molecular flexibility index (Phi) is 5.68. The van der Waals surface area contributed by atoms with Crippen LogP contribution in [-0.2, 0) is 16.0 Å². The molecular weight excluding hydrogens is 328 g/mol. The van der Waals surface area contributed by atoms with E-state index in [0.717, 1.165) is 11.1 Å². The molecule has 26 heavy (non-hydrogen) atoms. The molecule has 1 saturated heterocycles. The smallest absolute Gasteiger partial charge is 0.326 e. The summed E-state index contributed by atoms with van der Waals surface area (Å²) < 4.78 is 0. The molecule has 1 unspecified atom stereocenters. The fourth-order valence-electron chi connectivity index (χ4n) is 3.58. The third kappa shape index (κ3) is 4.11. The van der Waals surface area contributed by atoms with Crippen LogP contribution in [0.3, 0.4) is 0 Å². The lowest BCUT2D eigenvalue weighted by Crippen LogP contribution is -2.48. The molecule has 1 aliphatic rings. The van der Waals surface area contributed by atoms with Gasteiger partial charge in [-0.25, -0.2) is 4.79 Å². The Morgan fingerprint density at radius 1 is 1.08 bits per heavy atom. The van der Waals surface area contributed by atoms with Crippen LogP contribution in [-0.4, -0.2) is 40.5 Å². The lowest BCUT2D eigenvalue weighted by Gasteiger charge is -2.25. The summed E-state index contributed by atoms with van der Waals surface area (Å²) in [6, 6.07) is 18.1. The van der Waals surface area contributed by atoms with Gasteiger partial charge in [0.25, 0.3) is 0 Å². The minimum atomic E-state index is -0.966. The summed E-state index contributed by atoms with van der Waals surface area (Å²) >= 11 is 0. The van der Waals surface area contributed by atoms with Crippen molar-refractivity contribution in [1.29, 1.82) is 0 Å². The maximum atomic E-state index is 12.8. The SMILES string of the molecule is NC(CCc1ccccc1)C(=O)N1C[C@H](c2ccccc2)C[C@H]1C(=O)O. The lowest BCUT2D eigenvalue weighted by atomic mass is 9.96. The van der Waals surface area contributed by atoms with Gasteiger partial charge in [0.2, 0.25) is 5.91 Å². The Bertz CT molecular complexity index is 748. The average molecular weight is 352 g/mol. The molecule has 1 fully saturated rings. The molecule has 3 N–H and O–H groups in total. The molecule has 0 spiro atoms. The lowest BCUT2D eigenvalue weighted by molar-refractivity contribution is -0.148. The number of benzene rings is 2. The zero-order chi connectivity index (χ0) is 18.5. The van der Waals surface area contributed by atoms with Crippen molar-refractivity contribution in [2.75, 3.05) is 6.54 Å². The van der Waals surface area contributed by atoms with Crippen molar-refractivity contribution in [3.05, 3.63) is 71.8 Å². The molecular formula is C21H24N2O3. The fraction of sp³-hybridized carbons (Fsp3) is 0.333. The predicted molar refractivity (Wildman–Crippen MR) is 99.7 cm³/mol. The van der Waals surface area contributed by atoms with E-state index < -0.39 is 18.1 Å². The highest BCUT2D eigenvalue weighted by molar-refractivity contribution is 5.87. The number of rotatable bonds is 6. The average Bonchev–Trinajstić information content (AvgIpc) is 3.13. The predicted octanol–water partition coefficient (Wildman–Crippen LogP) is 2.42. The summed E-state index contributed by atoms with van der Waals surface area (Å²) in [6.07, 6.45) is 1.62. The highest BCUT2D eigenvalue weighted by Gasteiger charge is 2.41. The molecule has 2 aromatic rings. The molecule has 0 bridgehead atoms. The van der Waals surface area contributed by atoms with Crippen LogP contribution in [0.15, 0.2) is 60.7 Å². The van der Waals surface area contributed by atoms with Gasteiger partial charge in [0.1, 0.15) is 6.04 Å². The van der Waals surface area contributed by atoms with Crippen LogP contribution in [0.25, 0.3) is 0 Å². The number of hydrogen-bond donors (Lipinski definition) is 2. The number of carboxylic acids is 1. The van der Waals surface area contributed by atoms with Crippen LogP contribution < -0.4 is 5.73 Å². The number of amides is 1. The van der Waals surface area contributed by atoms with Crippen LogP contribution in [0.5, 0.6) is 0 Å². The molecule has 1 amide bonds. The van der Waals surface area contributed by atoms with E-state index in [1.807, 2.05) is 60.7 Å². The van der Waals surface area contributed by atoms with Gasteiger partial charge in [0, 0.05) is 12.5 Å². The van der Waals surface area contributed by atoms with Crippen molar-refractivity contribution in [2.24, 2.45) is 5.73 Å². The molecule has 3 atom stereocenters. The van der Waals surface area contributed by atoms with Gasteiger partial charge in [-0.1, -0.05) is 60.7 Å². The molecule has 0 radical (unpaired) electrons. The minimum Gasteiger partial charge on any atom is -0.480 e. The van der Waals surface area contributed by atoms with Gasteiger partial charge < -0.3 is 15.7 Å². The molecule has 1 aliphatic heterocycles. The van der Waals surface area contributed by atoms with Crippen molar-refractivity contribution >= 4 is 11.9 Å². The van der Waals surface area contributed by atoms with E-state index in [-0.39, 0.29) is 11.8 Å². The standard InChI is InChI=1S/C21H24N2O3/c22-18(12-11-15-7-3-1-4-8-15)20(24)23-14-17(13-19(23)21(25)26)16-9-5-2-6-10-16/h1-10,17-19H,11-14,22H2,(H,25,26)/t17-,18?,19+/m1/s1. The molecule has 1 heterocycles. The monoisotopic (exact) mass is 352 g/mol. The largest absolute Gasteiger partial charge is 0.480 e. The Hall–Kier alpha value is -2.66. The molecule has 0 aliphatic carbocycles. The Balaban J connectivity index is 1.67. The van der Waals surface area contributed by atoms with Crippen LogP contribution in [0.4, 0.5) is 0 Å². The number of aryl methyl sites for hydroxylation is 1. The first kappa shape index (κ1) is 18.1. The maximum Gasteiger partial charge on any atom is 0.326 e. The summed E-state index contributed by atoms with van der Waals surface area (Å²) in [5, 5.41) is 9.55. The Morgan fingerprint density at radius 2 is 1.69 bits per heavy atom. The number of likely N-dealkylation sites (tertiary alicyclic amines) is 1. The number of nitrogens with zero attached hydrogens (tertiary/aromatic N) is 1. The minimum absolute atomic E-state index is 0.0302. The molecule has 3 rings (SSSR count). The Morgan fingerprint density at radius 3 is 2.31 bits per heavy atom. The normalized spacial score (nSPS) is 20.7. The van der Waals surface area contributed by atoms with E-state index in [4.69, 9.17) is 5.73 Å². The third-order valence-electron chi connectivity index (χ3n) is 5.04. The zero-order valence-corrected chi connectivity index (χ0v) is 14.6. The van der Waals surface area contributed by atoms with Crippen molar-refractivity contribution in [3.63, 3.8) is 0 Å². The fourth-order valence-corrected chi connectivity index (χ4v) is 3.58. The summed E-state index contributed by atoms with van der Waals surface area (Å²) in [7, 11) is 0. The summed E-state index contributed by atoms with van der Waals surface area (Å²) in [4.78, 5) is 25.9. The van der Waals surface area contributed by atoms with Gasteiger partial charge in [-0.15, -0.1) is 0 Å². The second kappa shape index (κ2) is 8.15. The Labute approximate surface area is 153 Å². The van der Waals surface area contributed by atoms with E-state index in [0.29, 0.717) is 25.8 Å². The molecule has 0 aromatic heterocycles. The van der Waals surface area contributed by atoms with Crippen molar-refractivity contribution in [1.82, 2.24) is 4.90 Å². The van der Waals surface area contributed by atoms with Gasteiger partial charge in [0.05, 0.1) is 6.04 Å². The summed E-state index contributed by atoms with van der Waals surface area (Å²) in [6.45, 7) is 0.402. The second-order valence-corrected chi connectivity index (χ2v) is 6.82. The van der Waals surface area contributed by atoms with Crippen LogP contribution in [0.2, 0.25) is 0 Å². The van der Waals surface area contributed by atoms with E-state index in [1.54, 1.807) is 0 Å². The quantitative estimate of drug-likeness (QED) is 0.836. The third-order valence-corrected chi connectivity index (χ3v) is 5.04. The number of hydrogen-bond acceptors (Lipinski definition) is 3. The molecule has 5 nitrogen and oxygen atoms in total. The maximum absolute atomic E-state index is 12.8. The molecule has 2 aromatic carbocycles. The second-order valence-electron chi connectivity index (χ2n) is 6.82. The molecule has 0 saturated carbocycles. The van der Waals surface area contributed by atoms with Gasteiger partial charge in [0.15, 0.2) is 0 Å². The first-order valence-corrected chi connectivity index (χ1v) is 8.94. The van der Waals surface area contributed by atoms with E-state index in [2.05, 4.69) is 0 Å². The summed E-state index contributed by atoms with van der Waals surface area (Å²) in [5.41, 5.74) is 8.29. The van der Waals surface area contributed by atoms with Crippen LogP contribution in [0, 0.1) is 0 Å². The number of carbonyl (C=O) groups excluding carboxylic acids is 1. The molecule has 5 heteroatoms. The number of aliphatic carboxylic acids is 1. The van der Waals surface area contributed by atoms with E-state index in [9.17, 15) is 14.7 Å². The van der Waals surface area contributed by atoms with Gasteiger partial charge in [-0.3, -0.25) is 4.79 Å². The van der Waals surface area contributed by atoms with Gasteiger partial charge >= 0.3 is 5.97 Å². The number of carbonyl (C=O) groups is 2. The van der Waals surface area contributed by atoms with E-state index >= 15 is 0 Å². The van der Waals surface area contributed by atoms with Crippen molar-refractivity contribution in [3.8, 4) is 0 Å². The van der Waals surface area contributed by atoms with Crippen molar-refractivity contribution in [2.45, 2.75) is 37.3 Å². The van der Waals surface area contributed by atoms with Crippen LogP contribution in [0.1, 0.15) is 29.9 Å². The zero-order valence-electron chi connectivity index (χ0n) is 14.6.